The predicted molar refractivity (Wildman–Crippen MR) is 53.1 cm³/mol. The third-order valence-electron chi connectivity index (χ3n) is 3.16. The number of aliphatic hydroxyl groups excluding tert-OH is 3. The Morgan fingerprint density at radius 2 is 1.88 bits per heavy atom. The van der Waals surface area contributed by atoms with E-state index >= 15 is 0 Å². The average Bonchev–Trinajstić information content (AvgIpc) is 2.10. The van der Waals surface area contributed by atoms with Crippen LogP contribution in [0.3, 0.4) is 0 Å². The van der Waals surface area contributed by atoms with Gasteiger partial charge in [-0.3, -0.25) is 0 Å². The van der Waals surface area contributed by atoms with Gasteiger partial charge in [-0.15, -0.1) is 0 Å². The van der Waals surface area contributed by atoms with Crippen molar-refractivity contribution >= 4 is 10.0 Å². The molecule has 0 aromatic rings. The molecule has 94 valence electrons. The van der Waals surface area contributed by atoms with E-state index in [1.807, 2.05) is 0 Å². The van der Waals surface area contributed by atoms with E-state index in [1.165, 1.54) is 0 Å². The summed E-state index contributed by atoms with van der Waals surface area (Å²) in [5.74, 6) is 0. The zero-order valence-corrected chi connectivity index (χ0v) is 9.59. The van der Waals surface area contributed by atoms with E-state index in [2.05, 4.69) is 0 Å². The molecule has 0 unspecified atom stereocenters. The van der Waals surface area contributed by atoms with Crippen molar-refractivity contribution in [2.45, 2.75) is 23.9 Å². The van der Waals surface area contributed by atoms with Gasteiger partial charge in [0.25, 0.3) is 0 Å². The lowest BCUT2D eigenvalue weighted by Gasteiger charge is -2.54. The van der Waals surface area contributed by atoms with E-state index in [0.29, 0.717) is 0 Å². The van der Waals surface area contributed by atoms with Gasteiger partial charge in [-0.25, -0.2) is 8.42 Å². The van der Waals surface area contributed by atoms with Gasteiger partial charge in [-0.05, 0) is 0 Å². The fourth-order valence-electron chi connectivity index (χ4n) is 2.02. The molecule has 0 aromatic carbocycles. The van der Waals surface area contributed by atoms with Crippen molar-refractivity contribution in [3.05, 3.63) is 0 Å². The fourth-order valence-corrected chi connectivity index (χ4v) is 2.93. The molecule has 2 aliphatic rings. The molecule has 3 atom stereocenters. The summed E-state index contributed by atoms with van der Waals surface area (Å²) >= 11 is 0. The van der Waals surface area contributed by atoms with Gasteiger partial charge in [-0.2, -0.15) is 4.31 Å². The highest BCUT2D eigenvalue weighted by Gasteiger charge is 2.58. The zero-order chi connectivity index (χ0) is 12.1. The zero-order valence-electron chi connectivity index (χ0n) is 8.78. The Balaban J connectivity index is 2.08. The lowest BCUT2D eigenvalue weighted by atomic mass is 9.83. The number of rotatable bonds is 1. The molecule has 0 aromatic heterocycles. The van der Waals surface area contributed by atoms with Crippen LogP contribution in [0.15, 0.2) is 0 Å². The van der Waals surface area contributed by atoms with Crippen LogP contribution >= 0.6 is 0 Å². The number of hydrogen-bond donors (Lipinski definition) is 3. The third kappa shape index (κ3) is 1.75. The molecule has 2 saturated heterocycles. The van der Waals surface area contributed by atoms with Gasteiger partial charge in [0.05, 0.1) is 12.9 Å². The summed E-state index contributed by atoms with van der Waals surface area (Å²) in [6.07, 6.45) is -2.63. The summed E-state index contributed by atoms with van der Waals surface area (Å²) in [5, 5.41) is 28.5. The minimum Gasteiger partial charge on any atom is -0.388 e. The molecule has 2 heterocycles. The Hall–Kier alpha value is -0.250. The summed E-state index contributed by atoms with van der Waals surface area (Å²) in [5.41, 5.74) is -1.07. The van der Waals surface area contributed by atoms with Crippen molar-refractivity contribution in [3.8, 4) is 0 Å². The smallest absolute Gasteiger partial charge is 0.211 e. The topological polar surface area (TPSA) is 107 Å². The van der Waals surface area contributed by atoms with E-state index in [-0.39, 0.29) is 19.7 Å². The van der Waals surface area contributed by atoms with Crippen molar-refractivity contribution in [1.29, 1.82) is 0 Å². The first-order valence-corrected chi connectivity index (χ1v) is 6.74. The Labute approximate surface area is 93.3 Å². The standard InChI is InChI=1S/C8H15NO6S/c1-16(13,14)9-3-8(4-9)7(12)6(11)5(10)2-15-8/h5-7,10-12H,2-4H2,1H3/t5-,6-,7+/m1/s1. The van der Waals surface area contributed by atoms with Gasteiger partial charge in [0, 0.05) is 13.1 Å². The molecule has 2 fully saturated rings. The predicted octanol–water partition coefficient (Wildman–Crippen LogP) is -2.89. The van der Waals surface area contributed by atoms with Crippen LogP contribution in [0.2, 0.25) is 0 Å². The van der Waals surface area contributed by atoms with Crippen molar-refractivity contribution in [2.24, 2.45) is 0 Å². The molecule has 0 amide bonds. The molecule has 2 rings (SSSR count). The van der Waals surface area contributed by atoms with Crippen LogP contribution in [0.1, 0.15) is 0 Å². The van der Waals surface area contributed by atoms with Crippen LogP contribution < -0.4 is 0 Å². The summed E-state index contributed by atoms with van der Waals surface area (Å²) in [7, 11) is -3.30. The van der Waals surface area contributed by atoms with Gasteiger partial charge in [0.15, 0.2) is 0 Å². The highest BCUT2D eigenvalue weighted by atomic mass is 32.2. The van der Waals surface area contributed by atoms with Gasteiger partial charge >= 0.3 is 0 Å². The first kappa shape index (κ1) is 12.2. The van der Waals surface area contributed by atoms with E-state index in [1.54, 1.807) is 0 Å². The first-order chi connectivity index (χ1) is 7.26. The Bertz CT molecular complexity index is 376. The molecular weight excluding hydrogens is 238 g/mol. The van der Waals surface area contributed by atoms with Gasteiger partial charge in [-0.1, -0.05) is 0 Å². The molecular formula is C8H15NO6S. The SMILES string of the molecule is CS(=O)(=O)N1CC2(C1)OC[C@@H](O)[C@@H](O)[C@@H]2O. The molecule has 16 heavy (non-hydrogen) atoms. The second kappa shape index (κ2) is 3.62. The van der Waals surface area contributed by atoms with Crippen molar-refractivity contribution < 1.29 is 28.5 Å². The Morgan fingerprint density at radius 3 is 2.38 bits per heavy atom. The Kier molecular flexibility index (Phi) is 2.76. The molecule has 3 N–H and O–H groups in total. The maximum Gasteiger partial charge on any atom is 0.211 e. The summed E-state index contributed by atoms with van der Waals surface area (Å²) in [6, 6.07) is 0. The minimum absolute atomic E-state index is 0.0107. The maximum atomic E-state index is 11.2. The van der Waals surface area contributed by atoms with Gasteiger partial charge < -0.3 is 20.1 Å². The highest BCUT2D eigenvalue weighted by molar-refractivity contribution is 7.88. The summed E-state index contributed by atoms with van der Waals surface area (Å²) in [4.78, 5) is 0. The number of sulfonamides is 1. The van der Waals surface area contributed by atoms with Crippen molar-refractivity contribution in [3.63, 3.8) is 0 Å². The van der Waals surface area contributed by atoms with Crippen molar-refractivity contribution in [1.82, 2.24) is 4.31 Å². The summed E-state index contributed by atoms with van der Waals surface area (Å²) in [6.45, 7) is -0.0800. The highest BCUT2D eigenvalue weighted by Crippen LogP contribution is 2.35. The molecule has 0 bridgehead atoms. The first-order valence-electron chi connectivity index (χ1n) is 4.89. The molecule has 7 nitrogen and oxygen atoms in total. The van der Waals surface area contributed by atoms with E-state index in [9.17, 15) is 23.7 Å². The molecule has 8 heteroatoms. The lowest BCUT2D eigenvalue weighted by molar-refractivity contribution is -0.265. The number of ether oxygens (including phenoxy) is 1. The van der Waals surface area contributed by atoms with Crippen LogP contribution in [0, 0.1) is 0 Å². The van der Waals surface area contributed by atoms with Crippen LogP contribution in [-0.4, -0.2) is 77.9 Å². The van der Waals surface area contributed by atoms with Crippen LogP contribution in [0.25, 0.3) is 0 Å². The number of hydrogen-bond acceptors (Lipinski definition) is 6. The molecule has 0 saturated carbocycles. The van der Waals surface area contributed by atoms with Crippen LogP contribution in [0.5, 0.6) is 0 Å². The molecule has 0 aliphatic carbocycles. The molecule has 2 aliphatic heterocycles. The number of nitrogens with zero attached hydrogens (tertiary/aromatic N) is 1. The second-order valence-electron chi connectivity index (χ2n) is 4.41. The average molecular weight is 253 g/mol. The van der Waals surface area contributed by atoms with E-state index < -0.39 is 33.9 Å². The fraction of sp³-hybridized carbons (Fsp3) is 1.00. The van der Waals surface area contributed by atoms with E-state index in [4.69, 9.17) is 4.74 Å². The van der Waals surface area contributed by atoms with Crippen LogP contribution in [-0.2, 0) is 14.8 Å². The summed E-state index contributed by atoms with van der Waals surface area (Å²) < 4.78 is 28.7. The minimum atomic E-state index is -3.30. The third-order valence-corrected chi connectivity index (χ3v) is 4.35. The monoisotopic (exact) mass is 253 g/mol. The maximum absolute atomic E-state index is 11.2. The van der Waals surface area contributed by atoms with Gasteiger partial charge in [0.1, 0.15) is 23.9 Å². The second-order valence-corrected chi connectivity index (χ2v) is 6.39. The molecule has 0 radical (unpaired) electrons. The molecule has 1 spiro atoms. The lowest BCUT2D eigenvalue weighted by Crippen LogP contribution is -2.75. The largest absolute Gasteiger partial charge is 0.388 e. The van der Waals surface area contributed by atoms with Gasteiger partial charge in [0.2, 0.25) is 10.0 Å². The van der Waals surface area contributed by atoms with Crippen molar-refractivity contribution in [2.75, 3.05) is 26.0 Å². The number of aliphatic hydroxyl groups is 3. The normalized spacial score (nSPS) is 39.6. The van der Waals surface area contributed by atoms with E-state index in [0.717, 1.165) is 10.6 Å². The van der Waals surface area contributed by atoms with Crippen LogP contribution in [0.4, 0.5) is 0 Å². The quantitative estimate of drug-likeness (QED) is 0.463. The Morgan fingerprint density at radius 1 is 1.31 bits per heavy atom.